The van der Waals surface area contributed by atoms with Crippen molar-refractivity contribution in [1.29, 1.82) is 0 Å². The van der Waals surface area contributed by atoms with Crippen molar-refractivity contribution in [2.75, 3.05) is 12.0 Å². The van der Waals surface area contributed by atoms with Gasteiger partial charge in [0.15, 0.2) is 11.5 Å². The first-order valence-electron chi connectivity index (χ1n) is 11.4. The van der Waals surface area contributed by atoms with E-state index in [0.717, 1.165) is 16.0 Å². The van der Waals surface area contributed by atoms with Gasteiger partial charge in [-0.3, -0.25) is 25.0 Å². The Balaban J connectivity index is 1.57. The number of methoxy groups -OCH3 is 1. The normalized spacial score (nSPS) is 14.5. The summed E-state index contributed by atoms with van der Waals surface area (Å²) in [4.78, 5) is 49.6. The van der Waals surface area contributed by atoms with Gasteiger partial charge in [-0.05, 0) is 59.5 Å². The molecule has 0 aliphatic carbocycles. The predicted molar refractivity (Wildman–Crippen MR) is 135 cm³/mol. The molecule has 1 aliphatic heterocycles. The van der Waals surface area contributed by atoms with Gasteiger partial charge in [0.05, 0.1) is 17.7 Å². The zero-order valence-electron chi connectivity index (χ0n) is 20.1. The predicted octanol–water partition coefficient (Wildman–Crippen LogP) is 4.41. The van der Waals surface area contributed by atoms with Crippen LogP contribution in [-0.2, 0) is 22.6 Å². The molecule has 1 N–H and O–H groups in total. The van der Waals surface area contributed by atoms with Crippen LogP contribution in [-0.4, -0.2) is 29.9 Å². The van der Waals surface area contributed by atoms with E-state index in [4.69, 9.17) is 9.47 Å². The van der Waals surface area contributed by atoms with Crippen LogP contribution in [0.15, 0.2) is 72.3 Å². The van der Waals surface area contributed by atoms with Crippen molar-refractivity contribution >= 4 is 35.3 Å². The molecule has 3 aromatic carbocycles. The molecule has 0 bridgehead atoms. The number of carbonyl (C=O) groups excluding carboxylic acids is 3. The molecule has 1 heterocycles. The fraction of sp³-hybridized carbons (Fsp3) is 0.148. The molecule has 0 saturated carbocycles. The smallest absolute Gasteiger partial charge is 0.335 e. The van der Waals surface area contributed by atoms with Gasteiger partial charge in [-0.1, -0.05) is 31.2 Å². The number of imide groups is 2. The Hall–Kier alpha value is -4.99. The van der Waals surface area contributed by atoms with Crippen LogP contribution in [0.2, 0.25) is 0 Å². The first-order chi connectivity index (χ1) is 17.8. The molecule has 10 nitrogen and oxygen atoms in total. The van der Waals surface area contributed by atoms with Gasteiger partial charge in [-0.15, -0.1) is 0 Å². The van der Waals surface area contributed by atoms with E-state index in [1.165, 1.54) is 25.3 Å². The maximum atomic E-state index is 13.2. The Morgan fingerprint density at radius 3 is 2.41 bits per heavy atom. The summed E-state index contributed by atoms with van der Waals surface area (Å²) in [5.74, 6) is -0.773. The van der Waals surface area contributed by atoms with Gasteiger partial charge in [-0.2, -0.15) is 0 Å². The van der Waals surface area contributed by atoms with Crippen molar-refractivity contribution in [3.8, 4) is 11.5 Å². The van der Waals surface area contributed by atoms with E-state index < -0.39 is 22.8 Å². The summed E-state index contributed by atoms with van der Waals surface area (Å²) in [5, 5.41) is 13.0. The van der Waals surface area contributed by atoms with Gasteiger partial charge in [0.1, 0.15) is 12.2 Å². The molecule has 188 valence electrons. The number of amides is 4. The van der Waals surface area contributed by atoms with Crippen LogP contribution >= 0.6 is 0 Å². The molecule has 1 fully saturated rings. The molecular formula is C27H23N3O7. The molecule has 0 unspecified atom stereocenters. The molecule has 0 aromatic heterocycles. The average molecular weight is 501 g/mol. The van der Waals surface area contributed by atoms with Crippen LogP contribution in [0.3, 0.4) is 0 Å². The number of hydrogen-bond acceptors (Lipinski definition) is 7. The van der Waals surface area contributed by atoms with Gasteiger partial charge < -0.3 is 9.47 Å². The Morgan fingerprint density at radius 2 is 1.73 bits per heavy atom. The highest BCUT2D eigenvalue weighted by atomic mass is 16.6. The fourth-order valence-electron chi connectivity index (χ4n) is 3.84. The fourth-order valence-corrected chi connectivity index (χ4v) is 3.84. The number of hydrogen-bond donors (Lipinski definition) is 1. The first kappa shape index (κ1) is 25.1. The monoisotopic (exact) mass is 501 g/mol. The Kier molecular flexibility index (Phi) is 7.28. The third-order valence-electron chi connectivity index (χ3n) is 5.76. The zero-order chi connectivity index (χ0) is 26.5. The third kappa shape index (κ3) is 5.32. The lowest BCUT2D eigenvalue weighted by Crippen LogP contribution is -2.54. The van der Waals surface area contributed by atoms with Crippen LogP contribution in [0.4, 0.5) is 16.2 Å². The molecule has 1 aliphatic rings. The molecule has 10 heteroatoms. The number of rotatable bonds is 8. The topological polar surface area (TPSA) is 128 Å². The Labute approximate surface area is 212 Å². The lowest BCUT2D eigenvalue weighted by Gasteiger charge is -2.28. The van der Waals surface area contributed by atoms with Gasteiger partial charge >= 0.3 is 6.03 Å². The van der Waals surface area contributed by atoms with Crippen molar-refractivity contribution in [2.24, 2.45) is 0 Å². The molecule has 0 radical (unpaired) electrons. The van der Waals surface area contributed by atoms with E-state index in [1.807, 2.05) is 19.1 Å². The standard InChI is InChI=1S/C27H23N3O7/c1-3-19-6-4-5-7-22(19)29-26(32)21(25(31)28-27(29)33)14-18-10-13-23(24(15-18)36-2)37-16-17-8-11-20(12-9-17)30(34)35/h4-15H,3,16H2,1-2H3,(H,28,31,33)/b21-14-. The second-order valence-electron chi connectivity index (χ2n) is 8.06. The van der Waals surface area contributed by atoms with E-state index in [1.54, 1.807) is 42.5 Å². The Morgan fingerprint density at radius 1 is 1.00 bits per heavy atom. The number of nitro groups is 1. The van der Waals surface area contributed by atoms with Crippen molar-refractivity contribution < 1.29 is 28.8 Å². The van der Waals surface area contributed by atoms with Crippen molar-refractivity contribution in [3.05, 3.63) is 99.1 Å². The van der Waals surface area contributed by atoms with Crippen molar-refractivity contribution in [1.82, 2.24) is 5.32 Å². The van der Waals surface area contributed by atoms with Crippen molar-refractivity contribution in [2.45, 2.75) is 20.0 Å². The summed E-state index contributed by atoms with van der Waals surface area (Å²) in [6.07, 6.45) is 1.98. The van der Waals surface area contributed by atoms with E-state index in [2.05, 4.69) is 5.32 Å². The van der Waals surface area contributed by atoms with E-state index in [-0.39, 0.29) is 17.9 Å². The number of barbiturate groups is 1. The third-order valence-corrected chi connectivity index (χ3v) is 5.76. The summed E-state index contributed by atoms with van der Waals surface area (Å²) < 4.78 is 11.2. The number of ether oxygens (including phenoxy) is 2. The second kappa shape index (κ2) is 10.7. The van der Waals surface area contributed by atoms with Gasteiger partial charge in [0.25, 0.3) is 17.5 Å². The van der Waals surface area contributed by atoms with E-state index in [9.17, 15) is 24.5 Å². The molecule has 4 rings (SSSR count). The van der Waals surface area contributed by atoms with Crippen LogP contribution in [0.25, 0.3) is 6.08 Å². The highest BCUT2D eigenvalue weighted by Crippen LogP contribution is 2.31. The van der Waals surface area contributed by atoms with Crippen LogP contribution in [0.5, 0.6) is 11.5 Å². The number of non-ortho nitro benzene ring substituents is 1. The molecule has 0 atom stereocenters. The zero-order valence-corrected chi connectivity index (χ0v) is 20.1. The lowest BCUT2D eigenvalue weighted by molar-refractivity contribution is -0.384. The number of nitrogens with one attached hydrogen (secondary N) is 1. The minimum atomic E-state index is -0.805. The number of benzene rings is 3. The number of aryl methyl sites for hydroxylation is 1. The van der Waals surface area contributed by atoms with Gasteiger partial charge in [0.2, 0.25) is 0 Å². The number of nitro benzene ring substituents is 1. The minimum absolute atomic E-state index is 0.0153. The van der Waals surface area contributed by atoms with Crippen LogP contribution < -0.4 is 19.7 Å². The SMILES string of the molecule is CCc1ccccc1N1C(=O)NC(=O)/C(=C/c2ccc(OCc3ccc([N+](=O)[O-])cc3)c(OC)c2)C1=O. The highest BCUT2D eigenvalue weighted by Gasteiger charge is 2.37. The molecule has 0 spiro atoms. The molecule has 1 saturated heterocycles. The quantitative estimate of drug-likeness (QED) is 0.210. The maximum Gasteiger partial charge on any atom is 0.335 e. The average Bonchev–Trinajstić information content (AvgIpc) is 2.90. The van der Waals surface area contributed by atoms with Crippen LogP contribution in [0.1, 0.15) is 23.6 Å². The van der Waals surface area contributed by atoms with Gasteiger partial charge in [-0.25, -0.2) is 9.69 Å². The highest BCUT2D eigenvalue weighted by molar-refractivity contribution is 6.39. The summed E-state index contributed by atoms with van der Waals surface area (Å²) >= 11 is 0. The number of para-hydroxylation sites is 1. The van der Waals surface area contributed by atoms with Gasteiger partial charge in [0, 0.05) is 12.1 Å². The van der Waals surface area contributed by atoms with E-state index >= 15 is 0 Å². The molecule has 3 aromatic rings. The molecule has 4 amide bonds. The van der Waals surface area contributed by atoms with Crippen molar-refractivity contribution in [3.63, 3.8) is 0 Å². The minimum Gasteiger partial charge on any atom is -0.493 e. The summed E-state index contributed by atoms with van der Waals surface area (Å²) in [6, 6.07) is 17.0. The lowest BCUT2D eigenvalue weighted by atomic mass is 10.0. The molecule has 37 heavy (non-hydrogen) atoms. The first-order valence-corrected chi connectivity index (χ1v) is 11.4. The summed E-state index contributed by atoms with van der Waals surface area (Å²) in [5.41, 5.74) is 2.19. The van der Waals surface area contributed by atoms with Crippen LogP contribution in [0, 0.1) is 10.1 Å². The maximum absolute atomic E-state index is 13.2. The Bertz CT molecular complexity index is 1410. The second-order valence-corrected chi connectivity index (χ2v) is 8.06. The number of anilines is 1. The number of nitrogens with zero attached hydrogens (tertiary/aromatic N) is 2. The number of carbonyl (C=O) groups is 3. The largest absolute Gasteiger partial charge is 0.493 e. The summed E-state index contributed by atoms with van der Waals surface area (Å²) in [7, 11) is 1.45. The molecular weight excluding hydrogens is 478 g/mol. The van der Waals surface area contributed by atoms with E-state index in [0.29, 0.717) is 29.2 Å². The summed E-state index contributed by atoms with van der Waals surface area (Å²) in [6.45, 7) is 2.05. The number of urea groups is 1.